The molecule has 4 N–H and O–H groups in total. The molecule has 4 heteroatoms. The van der Waals surface area contributed by atoms with E-state index in [1.807, 2.05) is 13.0 Å². The zero-order valence-electron chi connectivity index (χ0n) is 9.23. The van der Waals surface area contributed by atoms with Crippen LogP contribution in [0.4, 0.5) is 5.69 Å². The van der Waals surface area contributed by atoms with Crippen LogP contribution >= 0.6 is 0 Å². The van der Waals surface area contributed by atoms with Gasteiger partial charge in [-0.05, 0) is 31.9 Å². The van der Waals surface area contributed by atoms with Gasteiger partial charge >= 0.3 is 0 Å². The van der Waals surface area contributed by atoms with Crippen LogP contribution in [-0.2, 0) is 0 Å². The topological polar surface area (TPSA) is 75.4 Å². The smallest absolute Gasteiger partial charge is 0.253 e. The summed E-state index contributed by atoms with van der Waals surface area (Å²) in [4.78, 5) is 11.9. The third-order valence-electron chi connectivity index (χ3n) is 2.90. The minimum Gasteiger partial charge on any atom is -0.398 e. The van der Waals surface area contributed by atoms with E-state index in [2.05, 4.69) is 5.32 Å². The summed E-state index contributed by atoms with van der Waals surface area (Å²) in [5.74, 6) is -0.155. The second kappa shape index (κ2) is 4.14. The molecule has 4 nitrogen and oxygen atoms in total. The van der Waals surface area contributed by atoms with Gasteiger partial charge in [-0.3, -0.25) is 4.79 Å². The number of carbonyl (C=O) groups excluding carboxylic acids is 1. The average molecular weight is 220 g/mol. The van der Waals surface area contributed by atoms with E-state index in [-0.39, 0.29) is 18.1 Å². The fraction of sp³-hybridized carbons (Fsp3) is 0.417. The Hall–Kier alpha value is -1.55. The number of nitrogens with two attached hydrogens (primary N) is 1. The minimum absolute atomic E-state index is 0.0856. The number of hydrogen-bond donors (Lipinski definition) is 3. The highest BCUT2D eigenvalue weighted by molar-refractivity contribution is 5.99. The molecular weight excluding hydrogens is 204 g/mol. The first-order valence-corrected chi connectivity index (χ1v) is 5.41. The Morgan fingerprint density at radius 2 is 2.19 bits per heavy atom. The van der Waals surface area contributed by atoms with E-state index in [0.717, 1.165) is 5.56 Å². The lowest BCUT2D eigenvalue weighted by Gasteiger charge is -2.32. The van der Waals surface area contributed by atoms with Crippen molar-refractivity contribution in [2.24, 2.45) is 0 Å². The number of aliphatic hydroxyl groups excluding tert-OH is 1. The third kappa shape index (κ3) is 2.17. The van der Waals surface area contributed by atoms with Crippen molar-refractivity contribution in [1.29, 1.82) is 0 Å². The molecule has 0 atom stereocenters. The van der Waals surface area contributed by atoms with E-state index in [1.54, 1.807) is 12.1 Å². The van der Waals surface area contributed by atoms with Crippen LogP contribution in [0.3, 0.4) is 0 Å². The fourth-order valence-electron chi connectivity index (χ4n) is 1.84. The molecule has 1 aromatic rings. The summed E-state index contributed by atoms with van der Waals surface area (Å²) in [6, 6.07) is 5.47. The van der Waals surface area contributed by atoms with Crippen LogP contribution in [0, 0.1) is 6.92 Å². The zero-order valence-corrected chi connectivity index (χ0v) is 9.23. The molecule has 0 saturated heterocycles. The Balaban J connectivity index is 2.05. The fourth-order valence-corrected chi connectivity index (χ4v) is 1.84. The van der Waals surface area contributed by atoms with Gasteiger partial charge in [0.1, 0.15) is 0 Å². The van der Waals surface area contributed by atoms with Gasteiger partial charge in [0.25, 0.3) is 5.91 Å². The highest BCUT2D eigenvalue weighted by Gasteiger charge is 2.28. The molecule has 0 aliphatic heterocycles. The van der Waals surface area contributed by atoms with Crippen LogP contribution in [-0.4, -0.2) is 23.2 Å². The summed E-state index contributed by atoms with van der Waals surface area (Å²) in [6.45, 7) is 1.92. The molecule has 0 unspecified atom stereocenters. The maximum atomic E-state index is 11.9. The number of aliphatic hydroxyl groups is 1. The molecule has 1 aromatic carbocycles. The van der Waals surface area contributed by atoms with E-state index >= 15 is 0 Å². The molecule has 16 heavy (non-hydrogen) atoms. The van der Waals surface area contributed by atoms with Gasteiger partial charge in [0.15, 0.2) is 0 Å². The number of carbonyl (C=O) groups is 1. The van der Waals surface area contributed by atoms with E-state index in [9.17, 15) is 4.79 Å². The Kier molecular flexibility index (Phi) is 2.83. The second-order valence-corrected chi connectivity index (χ2v) is 4.39. The molecule has 0 spiro atoms. The Bertz CT molecular complexity index is 411. The van der Waals surface area contributed by atoms with Gasteiger partial charge in [-0.25, -0.2) is 0 Å². The van der Waals surface area contributed by atoms with Crippen molar-refractivity contribution >= 4 is 11.6 Å². The number of hydrogen-bond acceptors (Lipinski definition) is 3. The van der Waals surface area contributed by atoms with Gasteiger partial charge < -0.3 is 16.2 Å². The minimum atomic E-state index is -0.264. The van der Waals surface area contributed by atoms with E-state index in [4.69, 9.17) is 10.8 Å². The molecule has 1 amide bonds. The summed E-state index contributed by atoms with van der Waals surface area (Å²) < 4.78 is 0. The Morgan fingerprint density at radius 3 is 2.81 bits per heavy atom. The van der Waals surface area contributed by atoms with Gasteiger partial charge in [-0.15, -0.1) is 0 Å². The van der Waals surface area contributed by atoms with Crippen molar-refractivity contribution in [3.05, 3.63) is 29.3 Å². The number of nitrogen functional groups attached to an aromatic ring is 1. The predicted molar refractivity (Wildman–Crippen MR) is 62.1 cm³/mol. The summed E-state index contributed by atoms with van der Waals surface area (Å²) in [5, 5.41) is 12.0. The van der Waals surface area contributed by atoms with Crippen LogP contribution in [0.2, 0.25) is 0 Å². The maximum Gasteiger partial charge on any atom is 0.253 e. The zero-order chi connectivity index (χ0) is 11.7. The third-order valence-corrected chi connectivity index (χ3v) is 2.90. The lowest BCUT2D eigenvalue weighted by molar-refractivity contribution is 0.0563. The highest BCUT2D eigenvalue weighted by atomic mass is 16.3. The standard InChI is InChI=1S/C12H16N2O2/c1-7-2-3-11(13)10(4-7)12(16)14-8-5-9(15)6-8/h2-4,8-9,15H,5-6,13H2,1H3,(H,14,16). The van der Waals surface area contributed by atoms with E-state index < -0.39 is 0 Å². The van der Waals surface area contributed by atoms with Crippen LogP contribution in [0.5, 0.6) is 0 Å². The first-order valence-electron chi connectivity index (χ1n) is 5.41. The Labute approximate surface area is 94.5 Å². The van der Waals surface area contributed by atoms with Gasteiger partial charge in [-0.1, -0.05) is 11.6 Å². The summed E-state index contributed by atoms with van der Waals surface area (Å²) in [7, 11) is 0. The maximum absolute atomic E-state index is 11.9. The molecule has 1 aliphatic carbocycles. The highest BCUT2D eigenvalue weighted by Crippen LogP contribution is 2.21. The molecule has 1 fully saturated rings. The number of amides is 1. The summed E-state index contributed by atoms with van der Waals surface area (Å²) in [5.41, 5.74) is 7.75. The number of aryl methyl sites for hydroxylation is 1. The van der Waals surface area contributed by atoms with Gasteiger partial charge in [0.2, 0.25) is 0 Å². The van der Waals surface area contributed by atoms with E-state index in [0.29, 0.717) is 24.1 Å². The molecular formula is C12H16N2O2. The number of benzene rings is 1. The molecule has 0 aromatic heterocycles. The van der Waals surface area contributed by atoms with Crippen LogP contribution in [0.1, 0.15) is 28.8 Å². The van der Waals surface area contributed by atoms with Crippen molar-refractivity contribution in [1.82, 2.24) is 5.32 Å². The lowest BCUT2D eigenvalue weighted by atomic mass is 9.89. The van der Waals surface area contributed by atoms with E-state index in [1.165, 1.54) is 0 Å². The molecule has 0 radical (unpaired) electrons. The summed E-state index contributed by atoms with van der Waals surface area (Å²) in [6.07, 6.45) is 1.01. The molecule has 1 aliphatic rings. The van der Waals surface area contributed by atoms with Gasteiger partial charge in [0.05, 0.1) is 11.7 Å². The molecule has 0 bridgehead atoms. The van der Waals surface area contributed by atoms with Crippen molar-refractivity contribution < 1.29 is 9.90 Å². The molecule has 2 rings (SSSR count). The first-order chi connectivity index (χ1) is 7.56. The van der Waals surface area contributed by atoms with Crippen molar-refractivity contribution in [3.63, 3.8) is 0 Å². The van der Waals surface area contributed by atoms with Crippen LogP contribution in [0.25, 0.3) is 0 Å². The lowest BCUT2D eigenvalue weighted by Crippen LogP contribution is -2.46. The summed E-state index contributed by atoms with van der Waals surface area (Å²) >= 11 is 0. The second-order valence-electron chi connectivity index (χ2n) is 4.39. The van der Waals surface area contributed by atoms with Crippen molar-refractivity contribution in [2.45, 2.75) is 31.9 Å². The molecule has 1 saturated carbocycles. The predicted octanol–water partition coefficient (Wildman–Crippen LogP) is 0.830. The van der Waals surface area contributed by atoms with Crippen molar-refractivity contribution in [3.8, 4) is 0 Å². The molecule has 0 heterocycles. The Morgan fingerprint density at radius 1 is 1.50 bits per heavy atom. The van der Waals surface area contributed by atoms with Gasteiger partial charge in [0, 0.05) is 11.7 Å². The average Bonchev–Trinajstić information content (AvgIpc) is 2.19. The normalized spacial score (nSPS) is 23.6. The molecule has 86 valence electrons. The van der Waals surface area contributed by atoms with Crippen molar-refractivity contribution in [2.75, 3.05) is 5.73 Å². The van der Waals surface area contributed by atoms with Crippen LogP contribution in [0.15, 0.2) is 18.2 Å². The monoisotopic (exact) mass is 220 g/mol. The quantitative estimate of drug-likeness (QED) is 0.646. The van der Waals surface area contributed by atoms with Gasteiger partial charge in [-0.2, -0.15) is 0 Å². The van der Waals surface area contributed by atoms with Crippen LogP contribution < -0.4 is 11.1 Å². The first kappa shape index (κ1) is 11.0. The number of anilines is 1. The number of rotatable bonds is 2. The largest absolute Gasteiger partial charge is 0.398 e. The number of nitrogens with one attached hydrogen (secondary N) is 1. The SMILES string of the molecule is Cc1ccc(N)c(C(=O)NC2CC(O)C2)c1.